The molecular weight excluding hydrogens is 447 g/mol. The van der Waals surface area contributed by atoms with Crippen molar-refractivity contribution in [2.24, 2.45) is 0 Å². The Hall–Kier alpha value is -1.24. The molecule has 1 heterocycles. The van der Waals surface area contributed by atoms with E-state index in [0.717, 1.165) is 32.1 Å². The van der Waals surface area contributed by atoms with Gasteiger partial charge in [-0.3, -0.25) is 4.79 Å². The molecule has 0 saturated carbocycles. The van der Waals surface area contributed by atoms with E-state index in [0.29, 0.717) is 6.42 Å². The van der Waals surface area contributed by atoms with E-state index in [-0.39, 0.29) is 19.3 Å². The van der Waals surface area contributed by atoms with Gasteiger partial charge < -0.3 is 34.5 Å². The highest BCUT2D eigenvalue weighted by Gasteiger charge is 2.50. The summed E-state index contributed by atoms with van der Waals surface area (Å²) in [5.74, 6) is -2.21. The number of unbranched alkanes of at least 4 members (excludes halogenated alkanes) is 4. The summed E-state index contributed by atoms with van der Waals surface area (Å²) in [6.07, 6.45) is -2.50. The summed E-state index contributed by atoms with van der Waals surface area (Å²) >= 11 is 0. The number of methoxy groups -OCH3 is 1. The third-order valence-corrected chi connectivity index (χ3v) is 5.50. The molecule has 1 amide bonds. The van der Waals surface area contributed by atoms with Crippen LogP contribution in [0.4, 0.5) is 13.2 Å². The van der Waals surface area contributed by atoms with Crippen molar-refractivity contribution in [2.75, 3.05) is 26.9 Å². The van der Waals surface area contributed by atoms with Crippen molar-refractivity contribution in [3.63, 3.8) is 0 Å². The average Bonchev–Trinajstić information content (AvgIpc) is 2.78. The zero-order valence-electron chi connectivity index (χ0n) is 19.4. The lowest BCUT2D eigenvalue weighted by molar-refractivity contribution is -0.276. The fraction of sp³-hybridized carbons (Fsp3) is 0.864. The van der Waals surface area contributed by atoms with Gasteiger partial charge in [0.05, 0.1) is 19.3 Å². The van der Waals surface area contributed by atoms with Crippen LogP contribution in [0.15, 0.2) is 12.7 Å². The second-order valence-electron chi connectivity index (χ2n) is 8.02. The van der Waals surface area contributed by atoms with E-state index >= 15 is 0 Å². The van der Waals surface area contributed by atoms with E-state index in [1.165, 1.54) is 12.5 Å². The highest BCUT2D eigenvalue weighted by atomic mass is 19.4. The first-order valence-electron chi connectivity index (χ1n) is 11.4. The molecule has 194 valence electrons. The number of aliphatic hydroxyl groups excluding tert-OH is 2. The van der Waals surface area contributed by atoms with Crippen molar-refractivity contribution >= 4 is 5.91 Å². The molecule has 0 radical (unpaired) electrons. The summed E-state index contributed by atoms with van der Waals surface area (Å²) < 4.78 is 60.6. The molecule has 0 bridgehead atoms. The molecule has 1 rings (SSSR count). The summed E-state index contributed by atoms with van der Waals surface area (Å²) in [7, 11) is 1.58. The number of aliphatic hydroxyl groups is 2. The van der Waals surface area contributed by atoms with Crippen molar-refractivity contribution in [3.8, 4) is 0 Å². The Bertz CT molecular complexity index is 565. The summed E-state index contributed by atoms with van der Waals surface area (Å²) in [4.78, 5) is 11.6. The first-order valence-corrected chi connectivity index (χ1v) is 11.4. The van der Waals surface area contributed by atoms with Crippen LogP contribution in [0.25, 0.3) is 0 Å². The number of alkyl halides is 3. The van der Waals surface area contributed by atoms with Gasteiger partial charge in [-0.25, -0.2) is 0 Å². The Balaban J connectivity index is 2.83. The average molecular weight is 486 g/mol. The molecule has 0 aliphatic carbocycles. The molecule has 8 nitrogen and oxygen atoms in total. The fourth-order valence-corrected chi connectivity index (χ4v) is 3.65. The van der Waals surface area contributed by atoms with Gasteiger partial charge in [0.1, 0.15) is 24.4 Å². The molecule has 1 aliphatic rings. The third kappa shape index (κ3) is 10.3. The first-order chi connectivity index (χ1) is 15.7. The van der Waals surface area contributed by atoms with Crippen molar-refractivity contribution in [2.45, 2.75) is 94.8 Å². The summed E-state index contributed by atoms with van der Waals surface area (Å²) in [6, 6.07) is -1.47. The SMILES string of the molecule is C=CCO[C@H]1O[C@H](CO)[C@@H](O)[C@H](OCC[C@@H](CCCCCCC)OC)C1NC(=O)C(F)(F)F. The molecule has 0 aromatic carbocycles. The smallest absolute Gasteiger partial charge is 0.394 e. The van der Waals surface area contributed by atoms with E-state index < -0.39 is 49.3 Å². The van der Waals surface area contributed by atoms with Crippen molar-refractivity contribution < 1.29 is 47.1 Å². The van der Waals surface area contributed by atoms with Gasteiger partial charge in [0.15, 0.2) is 6.29 Å². The first kappa shape index (κ1) is 29.8. The second-order valence-corrected chi connectivity index (χ2v) is 8.02. The van der Waals surface area contributed by atoms with Gasteiger partial charge in [0, 0.05) is 13.7 Å². The molecule has 0 aromatic rings. The number of carbonyl (C=O) groups excluding carboxylic acids is 1. The molecule has 0 aromatic heterocycles. The van der Waals surface area contributed by atoms with Gasteiger partial charge in [0.25, 0.3) is 0 Å². The zero-order valence-corrected chi connectivity index (χ0v) is 19.4. The molecular formula is C22H38F3NO7. The van der Waals surface area contributed by atoms with Gasteiger partial charge in [-0.2, -0.15) is 13.2 Å². The van der Waals surface area contributed by atoms with Gasteiger partial charge in [0.2, 0.25) is 0 Å². The topological polar surface area (TPSA) is 106 Å². The third-order valence-electron chi connectivity index (χ3n) is 5.50. The van der Waals surface area contributed by atoms with Crippen LogP contribution in [0.2, 0.25) is 0 Å². The Kier molecular flexibility index (Phi) is 14.1. The molecule has 1 aliphatic heterocycles. The number of carbonyl (C=O) groups is 1. The van der Waals surface area contributed by atoms with Gasteiger partial charge in [-0.15, -0.1) is 6.58 Å². The van der Waals surface area contributed by atoms with Crippen LogP contribution in [0.1, 0.15) is 51.9 Å². The lowest BCUT2D eigenvalue weighted by Crippen LogP contribution is -2.66. The van der Waals surface area contributed by atoms with Crippen LogP contribution < -0.4 is 5.32 Å². The largest absolute Gasteiger partial charge is 0.471 e. The van der Waals surface area contributed by atoms with E-state index in [9.17, 15) is 28.2 Å². The van der Waals surface area contributed by atoms with Crippen molar-refractivity contribution in [1.82, 2.24) is 5.32 Å². The van der Waals surface area contributed by atoms with Gasteiger partial charge in [-0.1, -0.05) is 45.1 Å². The molecule has 1 saturated heterocycles. The van der Waals surface area contributed by atoms with Crippen LogP contribution in [-0.4, -0.2) is 86.0 Å². The summed E-state index contributed by atoms with van der Waals surface area (Å²) in [6.45, 7) is 4.96. The molecule has 0 spiro atoms. The summed E-state index contributed by atoms with van der Waals surface area (Å²) in [5.41, 5.74) is 0. The summed E-state index contributed by atoms with van der Waals surface area (Å²) in [5, 5.41) is 21.9. The van der Waals surface area contributed by atoms with Gasteiger partial charge in [-0.05, 0) is 12.8 Å². The highest BCUT2D eigenvalue weighted by Crippen LogP contribution is 2.26. The Morgan fingerprint density at radius 3 is 2.48 bits per heavy atom. The molecule has 1 unspecified atom stereocenters. The molecule has 6 atom stereocenters. The monoisotopic (exact) mass is 485 g/mol. The van der Waals surface area contributed by atoms with Crippen molar-refractivity contribution in [3.05, 3.63) is 12.7 Å². The second kappa shape index (κ2) is 15.6. The predicted octanol–water partition coefficient (Wildman–Crippen LogP) is 2.46. The van der Waals surface area contributed by atoms with Crippen LogP contribution in [0.3, 0.4) is 0 Å². The van der Waals surface area contributed by atoms with Crippen molar-refractivity contribution in [1.29, 1.82) is 0 Å². The van der Waals surface area contributed by atoms with E-state index in [4.69, 9.17) is 18.9 Å². The molecule has 1 fully saturated rings. The Morgan fingerprint density at radius 1 is 1.21 bits per heavy atom. The lowest BCUT2D eigenvalue weighted by atomic mass is 9.96. The quantitative estimate of drug-likeness (QED) is 0.228. The number of nitrogens with one attached hydrogen (secondary N) is 1. The number of hydrogen-bond acceptors (Lipinski definition) is 7. The Labute approximate surface area is 193 Å². The predicted molar refractivity (Wildman–Crippen MR) is 114 cm³/mol. The minimum Gasteiger partial charge on any atom is -0.394 e. The van der Waals surface area contributed by atoms with Crippen LogP contribution in [0, 0.1) is 0 Å². The maximum Gasteiger partial charge on any atom is 0.471 e. The zero-order chi connectivity index (χ0) is 24.9. The number of rotatable bonds is 16. The fourth-order valence-electron chi connectivity index (χ4n) is 3.65. The molecule has 33 heavy (non-hydrogen) atoms. The maximum atomic E-state index is 12.9. The minimum absolute atomic E-state index is 0.0555. The number of amides is 1. The van der Waals surface area contributed by atoms with Crippen LogP contribution >= 0.6 is 0 Å². The maximum absolute atomic E-state index is 12.9. The molecule has 3 N–H and O–H groups in total. The lowest BCUT2D eigenvalue weighted by Gasteiger charge is -2.44. The minimum atomic E-state index is -5.15. The Morgan fingerprint density at radius 2 is 1.91 bits per heavy atom. The standard InChI is InChI=1S/C22H38F3NO7/c1-4-6-7-8-9-10-15(30-3)11-13-31-19-17(26-21(29)22(23,24)25)20(32-12-5-2)33-16(14-27)18(19)28/h5,15-20,27-28H,2,4,6-14H2,1,3H3,(H,26,29)/t15-,16-,17?,18-,19-,20+/m1/s1. The van der Waals surface area contributed by atoms with Crippen LogP contribution in [-0.2, 0) is 23.7 Å². The normalized spacial score (nSPS) is 26.7. The number of ether oxygens (including phenoxy) is 4. The number of halogens is 3. The van der Waals surface area contributed by atoms with E-state index in [2.05, 4.69) is 13.5 Å². The highest BCUT2D eigenvalue weighted by molar-refractivity contribution is 5.82. The number of hydrogen-bond donors (Lipinski definition) is 3. The van der Waals surface area contributed by atoms with Crippen LogP contribution in [0.5, 0.6) is 0 Å². The van der Waals surface area contributed by atoms with Gasteiger partial charge >= 0.3 is 12.1 Å². The molecule has 11 heteroatoms. The van der Waals surface area contributed by atoms with E-state index in [1.807, 2.05) is 0 Å². The van der Waals surface area contributed by atoms with E-state index in [1.54, 1.807) is 12.4 Å².